The highest BCUT2D eigenvalue weighted by molar-refractivity contribution is 7.92. The van der Waals surface area contributed by atoms with Gasteiger partial charge in [0, 0.05) is 13.1 Å². The molecule has 0 radical (unpaired) electrons. The molecule has 0 spiro atoms. The minimum Gasteiger partial charge on any atom is -0.354 e. The molecule has 8 heteroatoms. The third kappa shape index (κ3) is 7.82. The molecule has 2 aromatic carbocycles. The Kier molecular flexibility index (Phi) is 10.3. The van der Waals surface area contributed by atoms with Crippen LogP contribution in [0, 0.1) is 12.8 Å². The Morgan fingerprint density at radius 3 is 2.11 bits per heavy atom. The molecule has 0 aliphatic heterocycles. The first-order valence-corrected chi connectivity index (χ1v) is 14.0. The second-order valence-electron chi connectivity index (χ2n) is 9.26. The van der Waals surface area contributed by atoms with E-state index in [1.54, 1.807) is 12.1 Å². The SMILES string of the molecule is CCc1ccccc1N(CC(=O)N(Cc1ccccc1C)[C@H](CC)C(=O)NCC(C)C)S(C)(=O)=O. The van der Waals surface area contributed by atoms with Crippen molar-refractivity contribution in [3.8, 4) is 0 Å². The van der Waals surface area contributed by atoms with Crippen molar-refractivity contribution in [2.75, 3.05) is 23.7 Å². The number of carbonyl (C=O) groups is 2. The van der Waals surface area contributed by atoms with E-state index in [-0.39, 0.29) is 24.9 Å². The summed E-state index contributed by atoms with van der Waals surface area (Å²) in [7, 11) is -3.75. The van der Waals surface area contributed by atoms with E-state index in [1.165, 1.54) is 4.90 Å². The maximum Gasteiger partial charge on any atom is 0.244 e. The molecule has 35 heavy (non-hydrogen) atoms. The number of rotatable bonds is 12. The van der Waals surface area contributed by atoms with Gasteiger partial charge in [0.1, 0.15) is 12.6 Å². The van der Waals surface area contributed by atoms with Crippen molar-refractivity contribution in [1.29, 1.82) is 0 Å². The van der Waals surface area contributed by atoms with Crippen LogP contribution in [0.4, 0.5) is 5.69 Å². The van der Waals surface area contributed by atoms with Crippen molar-refractivity contribution in [3.05, 3.63) is 65.2 Å². The van der Waals surface area contributed by atoms with Crippen LogP contribution in [0.25, 0.3) is 0 Å². The van der Waals surface area contributed by atoms with E-state index < -0.39 is 22.0 Å². The van der Waals surface area contributed by atoms with Gasteiger partial charge >= 0.3 is 0 Å². The van der Waals surface area contributed by atoms with Crippen LogP contribution < -0.4 is 9.62 Å². The fourth-order valence-corrected chi connectivity index (χ4v) is 4.84. The summed E-state index contributed by atoms with van der Waals surface area (Å²) in [5.41, 5.74) is 3.23. The van der Waals surface area contributed by atoms with E-state index >= 15 is 0 Å². The van der Waals surface area contributed by atoms with Crippen LogP contribution in [0.2, 0.25) is 0 Å². The highest BCUT2D eigenvalue weighted by atomic mass is 32.2. The molecule has 7 nitrogen and oxygen atoms in total. The maximum absolute atomic E-state index is 13.8. The number of carbonyl (C=O) groups excluding carboxylic acids is 2. The number of amides is 2. The molecule has 0 bridgehead atoms. The van der Waals surface area contributed by atoms with E-state index in [9.17, 15) is 18.0 Å². The fraction of sp³-hybridized carbons (Fsp3) is 0.481. The van der Waals surface area contributed by atoms with Crippen molar-refractivity contribution < 1.29 is 18.0 Å². The third-order valence-electron chi connectivity index (χ3n) is 5.99. The number of aryl methyl sites for hydroxylation is 2. The van der Waals surface area contributed by atoms with Crippen LogP contribution in [0.5, 0.6) is 0 Å². The fourth-order valence-electron chi connectivity index (χ4n) is 3.96. The number of hydrogen-bond acceptors (Lipinski definition) is 4. The summed E-state index contributed by atoms with van der Waals surface area (Å²) in [6.07, 6.45) is 2.13. The lowest BCUT2D eigenvalue weighted by atomic mass is 10.1. The van der Waals surface area contributed by atoms with E-state index in [0.717, 1.165) is 27.3 Å². The van der Waals surface area contributed by atoms with Crippen LogP contribution in [0.1, 0.15) is 50.8 Å². The number of anilines is 1. The predicted molar refractivity (Wildman–Crippen MR) is 142 cm³/mol. The van der Waals surface area contributed by atoms with Crippen molar-refractivity contribution in [2.24, 2.45) is 5.92 Å². The molecule has 2 aromatic rings. The van der Waals surface area contributed by atoms with Gasteiger partial charge in [0.05, 0.1) is 11.9 Å². The van der Waals surface area contributed by atoms with E-state index in [4.69, 9.17) is 0 Å². The zero-order chi connectivity index (χ0) is 26.2. The van der Waals surface area contributed by atoms with Gasteiger partial charge in [-0.05, 0) is 48.4 Å². The highest BCUT2D eigenvalue weighted by Crippen LogP contribution is 2.24. The zero-order valence-electron chi connectivity index (χ0n) is 21.7. The molecule has 0 aromatic heterocycles. The number of benzene rings is 2. The first-order valence-electron chi connectivity index (χ1n) is 12.2. The van der Waals surface area contributed by atoms with Gasteiger partial charge in [-0.15, -0.1) is 0 Å². The Morgan fingerprint density at radius 1 is 0.971 bits per heavy atom. The quantitative estimate of drug-likeness (QED) is 0.478. The van der Waals surface area contributed by atoms with Crippen molar-refractivity contribution >= 4 is 27.5 Å². The molecule has 0 heterocycles. The summed E-state index contributed by atoms with van der Waals surface area (Å²) < 4.78 is 26.7. The van der Waals surface area contributed by atoms with Crippen LogP contribution in [0.15, 0.2) is 48.5 Å². The van der Waals surface area contributed by atoms with Crippen LogP contribution in [0.3, 0.4) is 0 Å². The van der Waals surface area contributed by atoms with Gasteiger partial charge in [-0.3, -0.25) is 13.9 Å². The van der Waals surface area contributed by atoms with Gasteiger partial charge in [0.25, 0.3) is 0 Å². The van der Waals surface area contributed by atoms with Crippen LogP contribution >= 0.6 is 0 Å². The molecule has 0 aliphatic rings. The van der Waals surface area contributed by atoms with Crippen molar-refractivity contribution in [1.82, 2.24) is 10.2 Å². The average Bonchev–Trinajstić information content (AvgIpc) is 2.81. The lowest BCUT2D eigenvalue weighted by Crippen LogP contribution is -2.52. The number of para-hydroxylation sites is 1. The summed E-state index contributed by atoms with van der Waals surface area (Å²) in [6, 6.07) is 14.2. The number of sulfonamides is 1. The van der Waals surface area contributed by atoms with E-state index in [1.807, 2.05) is 71.0 Å². The average molecular weight is 502 g/mol. The molecule has 2 rings (SSSR count). The lowest BCUT2D eigenvalue weighted by Gasteiger charge is -2.33. The molecule has 0 aliphatic carbocycles. The maximum atomic E-state index is 13.8. The topological polar surface area (TPSA) is 86.8 Å². The smallest absolute Gasteiger partial charge is 0.244 e. The predicted octanol–water partition coefficient (Wildman–Crippen LogP) is 3.90. The molecule has 0 saturated carbocycles. The molecule has 192 valence electrons. The minimum absolute atomic E-state index is 0.214. The zero-order valence-corrected chi connectivity index (χ0v) is 22.6. The Hall–Kier alpha value is -2.87. The summed E-state index contributed by atoms with van der Waals surface area (Å²) in [4.78, 5) is 28.4. The summed E-state index contributed by atoms with van der Waals surface area (Å²) in [5, 5.41) is 2.94. The molecule has 1 N–H and O–H groups in total. The van der Waals surface area contributed by atoms with Gasteiger partial charge in [-0.1, -0.05) is 70.2 Å². The molecule has 0 fully saturated rings. The Bertz CT molecular complexity index is 1110. The van der Waals surface area contributed by atoms with Gasteiger partial charge in [-0.2, -0.15) is 0 Å². The van der Waals surface area contributed by atoms with Crippen LogP contribution in [-0.2, 0) is 32.6 Å². The van der Waals surface area contributed by atoms with Crippen molar-refractivity contribution in [3.63, 3.8) is 0 Å². The Morgan fingerprint density at radius 2 is 1.57 bits per heavy atom. The Labute approximate surface area is 210 Å². The van der Waals surface area contributed by atoms with Gasteiger partial charge in [0.15, 0.2) is 0 Å². The monoisotopic (exact) mass is 501 g/mol. The summed E-state index contributed by atoms with van der Waals surface area (Å²) in [5.74, 6) is -0.387. The van der Waals surface area contributed by atoms with Crippen molar-refractivity contribution in [2.45, 2.75) is 60.0 Å². The number of hydrogen-bond donors (Lipinski definition) is 1. The Balaban J connectivity index is 2.47. The highest BCUT2D eigenvalue weighted by Gasteiger charge is 2.32. The molecule has 1 atom stereocenters. The molecule has 0 saturated heterocycles. The first kappa shape index (κ1) is 28.4. The standard InChI is InChI=1S/C27H39N3O4S/c1-7-22-14-11-12-16-25(22)30(35(6,33)34)19-26(31)29(18-23-15-10-9-13-21(23)5)24(8-2)27(32)28-17-20(3)4/h9-16,20,24H,7-8,17-19H2,1-6H3,(H,28,32)/t24-/m1/s1. The van der Waals surface area contributed by atoms with E-state index in [2.05, 4.69) is 5.32 Å². The summed E-state index contributed by atoms with van der Waals surface area (Å²) >= 11 is 0. The second-order valence-corrected chi connectivity index (χ2v) is 11.2. The molecule has 2 amide bonds. The van der Waals surface area contributed by atoms with E-state index in [0.29, 0.717) is 25.1 Å². The number of nitrogens with one attached hydrogen (secondary N) is 1. The first-order chi connectivity index (χ1) is 16.5. The molecule has 0 unspecified atom stereocenters. The molecular formula is C27H39N3O4S. The molecular weight excluding hydrogens is 462 g/mol. The van der Waals surface area contributed by atoms with Gasteiger partial charge in [0.2, 0.25) is 21.8 Å². The van der Waals surface area contributed by atoms with Crippen LogP contribution in [-0.4, -0.2) is 50.5 Å². The van der Waals surface area contributed by atoms with Gasteiger partial charge < -0.3 is 10.2 Å². The lowest BCUT2D eigenvalue weighted by molar-refractivity contribution is -0.140. The largest absolute Gasteiger partial charge is 0.354 e. The number of nitrogens with zero attached hydrogens (tertiary/aromatic N) is 2. The summed E-state index contributed by atoms with van der Waals surface area (Å²) in [6.45, 7) is 10.1. The normalized spacial score (nSPS) is 12.3. The third-order valence-corrected chi connectivity index (χ3v) is 7.12. The second kappa shape index (κ2) is 12.7. The minimum atomic E-state index is -3.75. The van der Waals surface area contributed by atoms with Gasteiger partial charge in [-0.25, -0.2) is 8.42 Å².